The number of rotatable bonds is 4. The van der Waals surface area contributed by atoms with Crippen molar-refractivity contribution in [2.45, 2.75) is 13.3 Å². The minimum Gasteiger partial charge on any atom is -0.397 e. The second-order valence-electron chi connectivity index (χ2n) is 4.35. The second-order valence-corrected chi connectivity index (χ2v) is 4.35. The SMILES string of the molecule is Cc1cccc(N)c1NCCc1cccc(F)c1. The first-order valence-electron chi connectivity index (χ1n) is 6.00. The molecule has 0 saturated carbocycles. The third-order valence-electron chi connectivity index (χ3n) is 2.91. The molecule has 2 nitrogen and oxygen atoms in total. The van der Waals surface area contributed by atoms with Crippen molar-refractivity contribution in [2.24, 2.45) is 0 Å². The lowest BCUT2D eigenvalue weighted by molar-refractivity contribution is 0.625. The van der Waals surface area contributed by atoms with Gasteiger partial charge in [0.15, 0.2) is 0 Å². The molecule has 0 heterocycles. The van der Waals surface area contributed by atoms with Gasteiger partial charge in [0, 0.05) is 6.54 Å². The third-order valence-corrected chi connectivity index (χ3v) is 2.91. The molecule has 94 valence electrons. The van der Waals surface area contributed by atoms with E-state index in [4.69, 9.17) is 5.73 Å². The maximum absolute atomic E-state index is 13.0. The van der Waals surface area contributed by atoms with Crippen molar-refractivity contribution in [3.8, 4) is 0 Å². The van der Waals surface area contributed by atoms with Crippen LogP contribution in [-0.2, 0) is 6.42 Å². The van der Waals surface area contributed by atoms with E-state index >= 15 is 0 Å². The van der Waals surface area contributed by atoms with Crippen LogP contribution < -0.4 is 11.1 Å². The van der Waals surface area contributed by atoms with E-state index in [0.29, 0.717) is 0 Å². The number of hydrogen-bond donors (Lipinski definition) is 2. The van der Waals surface area contributed by atoms with E-state index in [9.17, 15) is 4.39 Å². The van der Waals surface area contributed by atoms with Crippen LogP contribution in [0.5, 0.6) is 0 Å². The van der Waals surface area contributed by atoms with Gasteiger partial charge >= 0.3 is 0 Å². The van der Waals surface area contributed by atoms with Crippen LogP contribution in [0.4, 0.5) is 15.8 Å². The van der Waals surface area contributed by atoms with E-state index in [-0.39, 0.29) is 5.82 Å². The molecule has 0 aliphatic rings. The maximum atomic E-state index is 13.0. The maximum Gasteiger partial charge on any atom is 0.123 e. The summed E-state index contributed by atoms with van der Waals surface area (Å²) in [6.45, 7) is 2.75. The largest absolute Gasteiger partial charge is 0.397 e. The van der Waals surface area contributed by atoms with E-state index in [2.05, 4.69) is 5.32 Å². The second kappa shape index (κ2) is 5.54. The van der Waals surface area contributed by atoms with E-state index in [1.165, 1.54) is 6.07 Å². The van der Waals surface area contributed by atoms with Gasteiger partial charge in [0.1, 0.15) is 5.82 Å². The van der Waals surface area contributed by atoms with Crippen LogP contribution in [0.3, 0.4) is 0 Å². The Morgan fingerprint density at radius 1 is 1.17 bits per heavy atom. The minimum atomic E-state index is -0.192. The van der Waals surface area contributed by atoms with Gasteiger partial charge in [-0.25, -0.2) is 4.39 Å². The highest BCUT2D eigenvalue weighted by Gasteiger charge is 2.02. The van der Waals surface area contributed by atoms with Crippen molar-refractivity contribution in [2.75, 3.05) is 17.6 Å². The fourth-order valence-electron chi connectivity index (χ4n) is 1.96. The number of anilines is 2. The Morgan fingerprint density at radius 2 is 1.94 bits per heavy atom. The highest BCUT2D eigenvalue weighted by molar-refractivity contribution is 5.69. The molecule has 0 radical (unpaired) electrons. The minimum absolute atomic E-state index is 0.192. The molecule has 0 aliphatic heterocycles. The van der Waals surface area contributed by atoms with E-state index < -0.39 is 0 Å². The molecule has 2 aromatic carbocycles. The summed E-state index contributed by atoms with van der Waals surface area (Å²) >= 11 is 0. The number of nitrogens with one attached hydrogen (secondary N) is 1. The number of benzene rings is 2. The number of nitrogen functional groups attached to an aromatic ring is 1. The number of nitrogens with two attached hydrogens (primary N) is 1. The van der Waals surface area contributed by atoms with Gasteiger partial charge in [-0.05, 0) is 42.7 Å². The molecule has 18 heavy (non-hydrogen) atoms. The number of para-hydroxylation sites is 1. The molecule has 2 rings (SSSR count). The Morgan fingerprint density at radius 3 is 2.67 bits per heavy atom. The Hall–Kier alpha value is -2.03. The van der Waals surface area contributed by atoms with Crippen LogP contribution in [0.15, 0.2) is 42.5 Å². The number of aryl methyl sites for hydroxylation is 1. The van der Waals surface area contributed by atoms with Crippen molar-refractivity contribution in [1.29, 1.82) is 0 Å². The fraction of sp³-hybridized carbons (Fsp3) is 0.200. The van der Waals surface area contributed by atoms with Crippen molar-refractivity contribution < 1.29 is 4.39 Å². The molecule has 0 unspecified atom stereocenters. The third kappa shape index (κ3) is 3.00. The summed E-state index contributed by atoms with van der Waals surface area (Å²) < 4.78 is 13.0. The Bertz CT molecular complexity index is 518. The predicted molar refractivity (Wildman–Crippen MR) is 74.2 cm³/mol. The zero-order valence-electron chi connectivity index (χ0n) is 10.4. The molecule has 0 amide bonds. The van der Waals surface area contributed by atoms with Crippen LogP contribution in [0.25, 0.3) is 0 Å². The standard InChI is InChI=1S/C15H17FN2/c1-11-4-2-7-14(17)15(11)18-9-8-12-5-3-6-13(16)10-12/h2-7,10,18H,8-9,17H2,1H3. The first-order valence-corrected chi connectivity index (χ1v) is 6.00. The quantitative estimate of drug-likeness (QED) is 0.809. The monoisotopic (exact) mass is 244 g/mol. The molecule has 0 aromatic heterocycles. The van der Waals surface area contributed by atoms with Crippen LogP contribution in [-0.4, -0.2) is 6.54 Å². The number of halogens is 1. The van der Waals surface area contributed by atoms with Crippen LogP contribution in [0, 0.1) is 12.7 Å². The summed E-state index contributed by atoms with van der Waals surface area (Å²) in [5.74, 6) is -0.192. The molecular weight excluding hydrogens is 227 g/mol. The highest BCUT2D eigenvalue weighted by Crippen LogP contribution is 2.22. The molecule has 0 saturated heterocycles. The summed E-state index contributed by atoms with van der Waals surface area (Å²) in [6.07, 6.45) is 0.769. The molecule has 0 aliphatic carbocycles. The van der Waals surface area contributed by atoms with Gasteiger partial charge in [-0.1, -0.05) is 24.3 Å². The molecule has 0 atom stereocenters. The lowest BCUT2D eigenvalue weighted by Crippen LogP contribution is -2.08. The number of hydrogen-bond acceptors (Lipinski definition) is 2. The summed E-state index contributed by atoms with van der Waals surface area (Å²) in [6, 6.07) is 12.5. The average Bonchev–Trinajstić information content (AvgIpc) is 2.33. The lowest BCUT2D eigenvalue weighted by Gasteiger charge is -2.12. The zero-order valence-corrected chi connectivity index (χ0v) is 10.4. The first kappa shape index (κ1) is 12.4. The van der Waals surface area contributed by atoms with Crippen molar-refractivity contribution >= 4 is 11.4 Å². The summed E-state index contributed by atoms with van der Waals surface area (Å²) in [5.41, 5.74) is 9.71. The summed E-state index contributed by atoms with van der Waals surface area (Å²) in [7, 11) is 0. The molecule has 0 fully saturated rings. The van der Waals surface area contributed by atoms with Gasteiger partial charge in [-0.2, -0.15) is 0 Å². The van der Waals surface area contributed by atoms with Crippen LogP contribution >= 0.6 is 0 Å². The van der Waals surface area contributed by atoms with Crippen LogP contribution in [0.2, 0.25) is 0 Å². The lowest BCUT2D eigenvalue weighted by atomic mass is 10.1. The Labute approximate surface area is 107 Å². The molecule has 0 bridgehead atoms. The Balaban J connectivity index is 1.97. The van der Waals surface area contributed by atoms with Gasteiger partial charge in [0.05, 0.1) is 11.4 Å². The van der Waals surface area contributed by atoms with Crippen molar-refractivity contribution in [3.63, 3.8) is 0 Å². The topological polar surface area (TPSA) is 38.0 Å². The van der Waals surface area contributed by atoms with Gasteiger partial charge < -0.3 is 11.1 Å². The van der Waals surface area contributed by atoms with Crippen molar-refractivity contribution in [3.05, 3.63) is 59.4 Å². The van der Waals surface area contributed by atoms with Crippen molar-refractivity contribution in [1.82, 2.24) is 0 Å². The molecule has 3 N–H and O–H groups in total. The molecule has 2 aromatic rings. The van der Waals surface area contributed by atoms with Gasteiger partial charge in [0.25, 0.3) is 0 Å². The average molecular weight is 244 g/mol. The first-order chi connectivity index (χ1) is 8.66. The highest BCUT2D eigenvalue weighted by atomic mass is 19.1. The van der Waals surface area contributed by atoms with Crippen LogP contribution in [0.1, 0.15) is 11.1 Å². The van der Waals surface area contributed by atoms with Gasteiger partial charge in [-0.15, -0.1) is 0 Å². The fourth-order valence-corrected chi connectivity index (χ4v) is 1.96. The van der Waals surface area contributed by atoms with Gasteiger partial charge in [-0.3, -0.25) is 0 Å². The van der Waals surface area contributed by atoms with E-state index in [0.717, 1.165) is 35.5 Å². The zero-order chi connectivity index (χ0) is 13.0. The summed E-state index contributed by atoms with van der Waals surface area (Å²) in [4.78, 5) is 0. The molecule has 0 spiro atoms. The predicted octanol–water partition coefficient (Wildman–Crippen LogP) is 3.37. The van der Waals surface area contributed by atoms with Gasteiger partial charge in [0.2, 0.25) is 0 Å². The Kier molecular flexibility index (Phi) is 3.82. The smallest absolute Gasteiger partial charge is 0.123 e. The van der Waals surface area contributed by atoms with E-state index in [1.54, 1.807) is 12.1 Å². The summed E-state index contributed by atoms with van der Waals surface area (Å²) in [5, 5.41) is 3.30. The normalized spacial score (nSPS) is 10.3. The molecule has 3 heteroatoms. The molecular formula is C15H17FN2. The van der Waals surface area contributed by atoms with E-state index in [1.807, 2.05) is 31.2 Å².